The highest BCUT2D eigenvalue weighted by Crippen LogP contribution is 2.19. The van der Waals surface area contributed by atoms with Gasteiger partial charge in [-0.3, -0.25) is 0 Å². The largest absolute Gasteiger partial charge is 0.198 e. The van der Waals surface area contributed by atoms with Gasteiger partial charge in [-0.15, -0.1) is 0 Å². The minimum absolute atomic E-state index is 0.520. The van der Waals surface area contributed by atoms with Gasteiger partial charge in [-0.05, 0) is 36.1 Å². The average Bonchev–Trinajstić information content (AvgIpc) is 2.18. The Morgan fingerprint density at radius 3 is 2.79 bits per heavy atom. The number of hydrogen-bond acceptors (Lipinski definition) is 1. The Morgan fingerprint density at radius 2 is 2.14 bits per heavy atom. The normalized spacial score (nSPS) is 9.79. The second-order valence-corrected chi connectivity index (χ2v) is 4.27. The second kappa shape index (κ2) is 5.82. The highest BCUT2D eigenvalue weighted by molar-refractivity contribution is 9.10. The fraction of sp³-hybridized carbons (Fsp3) is 0.417. The summed E-state index contributed by atoms with van der Waals surface area (Å²) in [5.41, 5.74) is 2.48. The molecule has 0 heterocycles. The number of hydrogen-bond donors (Lipinski definition) is 0. The number of aryl methyl sites for hydroxylation is 1. The average molecular weight is 252 g/mol. The van der Waals surface area contributed by atoms with E-state index in [1.54, 1.807) is 0 Å². The summed E-state index contributed by atoms with van der Waals surface area (Å²) in [6.45, 7) is 2.18. The van der Waals surface area contributed by atoms with Crippen LogP contribution >= 0.6 is 15.9 Å². The predicted molar refractivity (Wildman–Crippen MR) is 62.1 cm³/mol. The molecule has 1 rings (SSSR count). The number of nitrogens with zero attached hydrogens (tertiary/aromatic N) is 1. The second-order valence-electron chi connectivity index (χ2n) is 3.35. The molecule has 0 atom stereocenters. The third kappa shape index (κ3) is 3.16. The van der Waals surface area contributed by atoms with Crippen molar-refractivity contribution < 1.29 is 0 Å². The molecule has 14 heavy (non-hydrogen) atoms. The van der Waals surface area contributed by atoms with E-state index in [2.05, 4.69) is 35.0 Å². The van der Waals surface area contributed by atoms with Gasteiger partial charge in [0.2, 0.25) is 0 Å². The lowest BCUT2D eigenvalue weighted by molar-refractivity contribution is 0.789. The van der Waals surface area contributed by atoms with Gasteiger partial charge in [-0.25, -0.2) is 0 Å². The Balaban J connectivity index is 2.86. The zero-order valence-electron chi connectivity index (χ0n) is 8.39. The van der Waals surface area contributed by atoms with Crippen LogP contribution in [0.4, 0.5) is 0 Å². The maximum Gasteiger partial charge on any atom is 0.0669 e. The summed E-state index contributed by atoms with van der Waals surface area (Å²) in [7, 11) is 0. The van der Waals surface area contributed by atoms with Gasteiger partial charge in [0, 0.05) is 4.47 Å². The van der Waals surface area contributed by atoms with Gasteiger partial charge in [-0.1, -0.05) is 35.3 Å². The molecule has 0 aliphatic carbocycles. The zero-order valence-corrected chi connectivity index (χ0v) is 9.97. The molecular weight excluding hydrogens is 238 g/mol. The SMILES string of the molecule is CCCCc1cc(Br)ccc1CC#N. The Kier molecular flexibility index (Phi) is 4.69. The monoisotopic (exact) mass is 251 g/mol. The summed E-state index contributed by atoms with van der Waals surface area (Å²) in [5.74, 6) is 0. The Morgan fingerprint density at radius 1 is 1.36 bits per heavy atom. The van der Waals surface area contributed by atoms with Gasteiger partial charge in [-0.2, -0.15) is 5.26 Å². The summed E-state index contributed by atoms with van der Waals surface area (Å²) < 4.78 is 1.10. The highest BCUT2D eigenvalue weighted by Gasteiger charge is 2.02. The summed E-state index contributed by atoms with van der Waals surface area (Å²) in [5, 5.41) is 8.68. The summed E-state index contributed by atoms with van der Waals surface area (Å²) in [4.78, 5) is 0. The minimum Gasteiger partial charge on any atom is -0.198 e. The Bertz CT molecular complexity index is 339. The molecule has 0 aromatic heterocycles. The van der Waals surface area contributed by atoms with E-state index in [4.69, 9.17) is 5.26 Å². The lowest BCUT2D eigenvalue weighted by Crippen LogP contribution is -1.93. The summed E-state index contributed by atoms with van der Waals surface area (Å²) in [6, 6.07) is 8.37. The van der Waals surface area contributed by atoms with E-state index < -0.39 is 0 Å². The number of halogens is 1. The van der Waals surface area contributed by atoms with E-state index in [9.17, 15) is 0 Å². The van der Waals surface area contributed by atoms with E-state index in [1.165, 1.54) is 24.0 Å². The Hall–Kier alpha value is -0.810. The molecule has 1 aromatic rings. The quantitative estimate of drug-likeness (QED) is 0.798. The fourth-order valence-corrected chi connectivity index (χ4v) is 1.86. The molecule has 1 aromatic carbocycles. The predicted octanol–water partition coefficient (Wildman–Crippen LogP) is 3.86. The van der Waals surface area contributed by atoms with Crippen molar-refractivity contribution in [2.24, 2.45) is 0 Å². The molecule has 0 bridgehead atoms. The summed E-state index contributed by atoms with van der Waals surface area (Å²) >= 11 is 3.46. The first-order valence-corrected chi connectivity index (χ1v) is 5.71. The number of nitriles is 1. The first kappa shape index (κ1) is 11.3. The summed E-state index contributed by atoms with van der Waals surface area (Å²) in [6.07, 6.45) is 3.98. The van der Waals surface area contributed by atoms with Gasteiger partial charge in [0.25, 0.3) is 0 Å². The van der Waals surface area contributed by atoms with Gasteiger partial charge >= 0.3 is 0 Å². The molecule has 0 saturated carbocycles. The molecule has 0 unspecified atom stereocenters. The van der Waals surface area contributed by atoms with Crippen LogP contribution in [0, 0.1) is 11.3 Å². The lowest BCUT2D eigenvalue weighted by Gasteiger charge is -2.06. The molecular formula is C12H14BrN. The number of benzene rings is 1. The van der Waals surface area contributed by atoms with Crippen molar-refractivity contribution in [3.05, 3.63) is 33.8 Å². The molecule has 74 valence electrons. The van der Waals surface area contributed by atoms with Gasteiger partial charge in [0.05, 0.1) is 12.5 Å². The van der Waals surface area contributed by atoms with Crippen LogP contribution in [0.15, 0.2) is 22.7 Å². The Labute approximate surface area is 93.9 Å². The molecule has 0 spiro atoms. The van der Waals surface area contributed by atoms with Crippen LogP contribution in [-0.2, 0) is 12.8 Å². The molecule has 0 saturated heterocycles. The van der Waals surface area contributed by atoms with Crippen molar-refractivity contribution in [3.8, 4) is 6.07 Å². The van der Waals surface area contributed by atoms with Crippen molar-refractivity contribution in [1.29, 1.82) is 5.26 Å². The molecule has 0 N–H and O–H groups in total. The third-order valence-electron chi connectivity index (χ3n) is 2.24. The molecule has 0 radical (unpaired) electrons. The highest BCUT2D eigenvalue weighted by atomic mass is 79.9. The van der Waals surface area contributed by atoms with Gasteiger partial charge in [0.15, 0.2) is 0 Å². The zero-order chi connectivity index (χ0) is 10.4. The van der Waals surface area contributed by atoms with Crippen LogP contribution in [-0.4, -0.2) is 0 Å². The smallest absolute Gasteiger partial charge is 0.0669 e. The van der Waals surface area contributed by atoms with Crippen LogP contribution in [0.5, 0.6) is 0 Å². The van der Waals surface area contributed by atoms with Crippen LogP contribution < -0.4 is 0 Å². The molecule has 1 nitrogen and oxygen atoms in total. The van der Waals surface area contributed by atoms with Crippen molar-refractivity contribution >= 4 is 15.9 Å². The molecule has 0 aliphatic heterocycles. The van der Waals surface area contributed by atoms with Crippen LogP contribution in [0.25, 0.3) is 0 Å². The molecule has 2 heteroatoms. The van der Waals surface area contributed by atoms with Gasteiger partial charge in [0.1, 0.15) is 0 Å². The van der Waals surface area contributed by atoms with E-state index in [0.29, 0.717) is 6.42 Å². The van der Waals surface area contributed by atoms with Crippen molar-refractivity contribution in [1.82, 2.24) is 0 Å². The lowest BCUT2D eigenvalue weighted by atomic mass is 10.0. The van der Waals surface area contributed by atoms with Crippen LogP contribution in [0.3, 0.4) is 0 Å². The maximum absolute atomic E-state index is 8.68. The van der Waals surface area contributed by atoms with Crippen LogP contribution in [0.1, 0.15) is 30.9 Å². The standard InChI is InChI=1S/C12H14BrN/c1-2-3-4-11-9-12(13)6-5-10(11)7-8-14/h5-6,9H,2-4,7H2,1H3. The molecule has 0 aliphatic rings. The van der Waals surface area contributed by atoms with Crippen molar-refractivity contribution in [3.63, 3.8) is 0 Å². The van der Waals surface area contributed by atoms with E-state index in [-0.39, 0.29) is 0 Å². The van der Waals surface area contributed by atoms with Crippen molar-refractivity contribution in [2.75, 3.05) is 0 Å². The topological polar surface area (TPSA) is 23.8 Å². The van der Waals surface area contributed by atoms with E-state index in [0.717, 1.165) is 10.9 Å². The number of rotatable bonds is 4. The molecule has 0 fully saturated rings. The minimum atomic E-state index is 0.520. The first-order valence-electron chi connectivity index (χ1n) is 4.92. The fourth-order valence-electron chi connectivity index (χ4n) is 1.45. The van der Waals surface area contributed by atoms with E-state index in [1.807, 2.05) is 12.1 Å². The third-order valence-corrected chi connectivity index (χ3v) is 2.73. The maximum atomic E-state index is 8.68. The number of unbranched alkanes of at least 4 members (excludes halogenated alkanes) is 1. The van der Waals surface area contributed by atoms with Crippen molar-refractivity contribution in [2.45, 2.75) is 32.6 Å². The van der Waals surface area contributed by atoms with Gasteiger partial charge < -0.3 is 0 Å². The molecule has 0 amide bonds. The van der Waals surface area contributed by atoms with E-state index >= 15 is 0 Å². The van der Waals surface area contributed by atoms with Crippen LogP contribution in [0.2, 0.25) is 0 Å². The first-order chi connectivity index (χ1) is 6.77.